The number of methoxy groups -OCH3 is 1. The van der Waals surface area contributed by atoms with Crippen molar-refractivity contribution in [3.05, 3.63) is 33.1 Å². The summed E-state index contributed by atoms with van der Waals surface area (Å²) < 4.78 is 59.6. The average molecular weight is 681 g/mol. The van der Waals surface area contributed by atoms with Crippen LogP contribution in [0.15, 0.2) is 21.9 Å². The molecule has 6 unspecified atom stereocenters. The van der Waals surface area contributed by atoms with E-state index in [0.717, 1.165) is 16.8 Å². The lowest BCUT2D eigenvalue weighted by Crippen LogP contribution is -2.64. The van der Waals surface area contributed by atoms with Crippen molar-refractivity contribution in [3.63, 3.8) is 0 Å². The van der Waals surface area contributed by atoms with Gasteiger partial charge in [-0.15, -0.1) is 0 Å². The first-order valence-electron chi connectivity index (χ1n) is 12.6. The molecule has 1 aromatic rings. The number of nitrogens with one attached hydrogen (secondary N) is 2. The highest BCUT2D eigenvalue weighted by atomic mass is 31.3. The van der Waals surface area contributed by atoms with E-state index < -0.39 is 108 Å². The number of rotatable bonds is 15. The Hall–Kier alpha value is -1.95. The summed E-state index contributed by atoms with van der Waals surface area (Å²) in [6.45, 7) is -2.43. The van der Waals surface area contributed by atoms with Crippen LogP contribution in [0.3, 0.4) is 0 Å². The molecular weight excluding hydrogens is 648 g/mol. The molecular formula is C20H33N3O19P2. The Morgan fingerprint density at radius 2 is 1.70 bits per heavy atom. The molecule has 1 aromatic heterocycles. The lowest BCUT2D eigenvalue weighted by molar-refractivity contribution is -0.248. The van der Waals surface area contributed by atoms with Crippen LogP contribution in [0.4, 0.5) is 0 Å². The zero-order chi connectivity index (χ0) is 32.8. The van der Waals surface area contributed by atoms with Crippen molar-refractivity contribution in [1.82, 2.24) is 14.9 Å². The number of H-pyrrole nitrogens is 1. The summed E-state index contributed by atoms with van der Waals surface area (Å²) >= 11 is 0. The van der Waals surface area contributed by atoms with E-state index in [4.69, 9.17) is 23.5 Å². The number of carbonyl (C=O) groups excluding carboxylic acids is 1. The maximum Gasteiger partial charge on any atom is 0.483 e. The van der Waals surface area contributed by atoms with Crippen molar-refractivity contribution in [2.75, 3.05) is 40.1 Å². The Kier molecular flexibility index (Phi) is 12.9. The maximum absolute atomic E-state index is 12.6. The van der Waals surface area contributed by atoms with E-state index in [1.807, 2.05) is 4.98 Å². The van der Waals surface area contributed by atoms with Crippen LogP contribution in [-0.4, -0.2) is 140 Å². The Morgan fingerprint density at radius 1 is 1.02 bits per heavy atom. The van der Waals surface area contributed by atoms with Crippen LogP contribution < -0.4 is 16.6 Å². The first-order valence-corrected chi connectivity index (χ1v) is 15.6. The Labute approximate surface area is 246 Å². The van der Waals surface area contributed by atoms with E-state index in [9.17, 15) is 58.8 Å². The lowest BCUT2D eigenvalue weighted by atomic mass is 9.97. The number of phosphoric ester groups is 2. The van der Waals surface area contributed by atoms with Crippen LogP contribution in [-0.2, 0) is 46.2 Å². The van der Waals surface area contributed by atoms with Crippen LogP contribution in [0.25, 0.3) is 0 Å². The van der Waals surface area contributed by atoms with Crippen molar-refractivity contribution >= 4 is 21.6 Å². The number of aromatic nitrogens is 2. The number of amides is 1. The Morgan fingerprint density at radius 3 is 2.34 bits per heavy atom. The Balaban J connectivity index is 1.64. The van der Waals surface area contributed by atoms with Gasteiger partial charge in [0.1, 0.15) is 49.3 Å². The van der Waals surface area contributed by atoms with Crippen LogP contribution in [0.2, 0.25) is 0 Å². The van der Waals surface area contributed by atoms with Crippen molar-refractivity contribution in [3.8, 4) is 0 Å². The molecule has 9 N–H and O–H groups in total. The summed E-state index contributed by atoms with van der Waals surface area (Å²) in [5.41, 5.74) is -1.77. The van der Waals surface area contributed by atoms with Gasteiger partial charge >= 0.3 is 21.3 Å². The van der Waals surface area contributed by atoms with Crippen molar-refractivity contribution < 1.29 is 81.5 Å². The van der Waals surface area contributed by atoms with Crippen LogP contribution in [0.5, 0.6) is 0 Å². The van der Waals surface area contributed by atoms with Crippen molar-refractivity contribution in [2.45, 2.75) is 55.2 Å². The summed E-state index contributed by atoms with van der Waals surface area (Å²) in [4.78, 5) is 57.6. The SMILES string of the molecule is COCCOCC(=O)N[C@@H]1C(OP(=O)(O)OP(=O)(O)OCC2OC(n3ccc(=O)[nH]c3=O)[C@H](O)[C@@H]2O)OC(CO)[C@H](O)[C@@H]1O. The molecule has 2 fully saturated rings. The molecule has 24 heteroatoms. The first-order chi connectivity index (χ1) is 20.6. The van der Waals surface area contributed by atoms with E-state index in [-0.39, 0.29) is 13.2 Å². The van der Waals surface area contributed by atoms with Gasteiger partial charge in [0.25, 0.3) is 5.56 Å². The molecule has 3 rings (SSSR count). The quantitative estimate of drug-likeness (QED) is 0.0618. The maximum atomic E-state index is 12.6. The minimum absolute atomic E-state index is 0.00241. The molecule has 0 radical (unpaired) electrons. The van der Waals surface area contributed by atoms with Gasteiger partial charge < -0.3 is 59.6 Å². The molecule has 1 amide bonds. The zero-order valence-corrected chi connectivity index (χ0v) is 24.5. The fourth-order valence-corrected chi connectivity index (χ4v) is 6.22. The first kappa shape index (κ1) is 36.5. The molecule has 2 saturated heterocycles. The number of aromatic amines is 1. The summed E-state index contributed by atoms with van der Waals surface area (Å²) in [5.74, 6) is -0.915. The van der Waals surface area contributed by atoms with Crippen molar-refractivity contribution in [2.24, 2.45) is 0 Å². The normalized spacial score (nSPS) is 33.4. The summed E-state index contributed by atoms with van der Waals surface area (Å²) in [7, 11) is -9.89. The molecule has 22 nitrogen and oxygen atoms in total. The fraction of sp³-hybridized carbons (Fsp3) is 0.750. The van der Waals surface area contributed by atoms with Gasteiger partial charge in [-0.05, 0) is 0 Å². The molecule has 0 aromatic carbocycles. The van der Waals surface area contributed by atoms with E-state index in [2.05, 4.69) is 14.2 Å². The largest absolute Gasteiger partial charge is 0.483 e. The van der Waals surface area contributed by atoms with Gasteiger partial charge in [-0.1, -0.05) is 0 Å². The Bertz CT molecular complexity index is 1330. The average Bonchev–Trinajstić information content (AvgIpc) is 3.22. The number of phosphoric acid groups is 2. The standard InChI is InChI=1S/C20H33N3O19P2/c1-36-4-5-37-8-12(26)21-13-16(29)14(27)9(6-24)40-19(13)41-44(34,35)42-43(32,33)38-7-10-15(28)17(30)18(39-10)23-3-2-11(25)22-20(23)31/h2-3,9-10,13-19,24,27-30H,4-8H2,1H3,(H,21,26)(H,32,33)(H,34,35)(H,22,25,31)/t9?,10?,13-,14-,15+,16+,17+,18?,19?/m0/s1. The van der Waals surface area contributed by atoms with Crippen LogP contribution in [0.1, 0.15) is 6.23 Å². The third-order valence-corrected chi connectivity index (χ3v) is 8.78. The minimum Gasteiger partial charge on any atom is -0.394 e. The molecule has 11 atom stereocenters. The van der Waals surface area contributed by atoms with Gasteiger partial charge in [-0.2, -0.15) is 4.31 Å². The zero-order valence-electron chi connectivity index (χ0n) is 22.8. The van der Waals surface area contributed by atoms with E-state index in [1.165, 1.54) is 7.11 Å². The highest BCUT2D eigenvalue weighted by molar-refractivity contribution is 7.61. The topological polar surface area (TPSA) is 324 Å². The van der Waals surface area contributed by atoms with Gasteiger partial charge in [-0.25, -0.2) is 13.9 Å². The third kappa shape index (κ3) is 9.53. The number of ether oxygens (including phenoxy) is 4. The molecule has 0 saturated carbocycles. The van der Waals surface area contributed by atoms with E-state index >= 15 is 0 Å². The van der Waals surface area contributed by atoms with E-state index in [1.54, 1.807) is 0 Å². The molecule has 3 heterocycles. The minimum atomic E-state index is -5.71. The van der Waals surface area contributed by atoms with E-state index in [0.29, 0.717) is 0 Å². The molecule has 252 valence electrons. The lowest BCUT2D eigenvalue weighted by Gasteiger charge is -2.42. The predicted octanol–water partition coefficient (Wildman–Crippen LogP) is -5.01. The fourth-order valence-electron chi connectivity index (χ4n) is 4.06. The second-order valence-electron chi connectivity index (χ2n) is 9.33. The van der Waals surface area contributed by atoms with Gasteiger partial charge in [0.15, 0.2) is 12.5 Å². The second kappa shape index (κ2) is 15.6. The molecule has 0 bridgehead atoms. The van der Waals surface area contributed by atoms with Crippen molar-refractivity contribution in [1.29, 1.82) is 0 Å². The monoisotopic (exact) mass is 681 g/mol. The molecule has 2 aliphatic rings. The van der Waals surface area contributed by atoms with Gasteiger partial charge in [0.2, 0.25) is 5.91 Å². The number of aliphatic hydroxyl groups excluding tert-OH is 5. The van der Waals surface area contributed by atoms with Gasteiger partial charge in [0.05, 0.1) is 26.4 Å². The molecule has 0 aliphatic carbocycles. The predicted molar refractivity (Wildman–Crippen MR) is 137 cm³/mol. The summed E-state index contributed by atoms with van der Waals surface area (Å²) in [6, 6.07) is -0.876. The highest BCUT2D eigenvalue weighted by Gasteiger charge is 2.50. The third-order valence-electron chi connectivity index (χ3n) is 6.18. The summed E-state index contributed by atoms with van der Waals surface area (Å²) in [6.07, 6.45) is -13.4. The van der Waals surface area contributed by atoms with Crippen LogP contribution >= 0.6 is 15.6 Å². The molecule has 0 spiro atoms. The smallest absolute Gasteiger partial charge is 0.394 e. The van der Waals surface area contributed by atoms with Gasteiger partial charge in [-0.3, -0.25) is 28.2 Å². The second-order valence-corrected chi connectivity index (χ2v) is 12.3. The van der Waals surface area contributed by atoms with Crippen LogP contribution in [0, 0.1) is 0 Å². The number of nitrogens with zero attached hydrogens (tertiary/aromatic N) is 1. The number of carbonyl (C=O) groups is 1. The molecule has 44 heavy (non-hydrogen) atoms. The van der Waals surface area contributed by atoms with Gasteiger partial charge in [0, 0.05) is 19.4 Å². The number of hydrogen-bond acceptors (Lipinski definition) is 17. The highest BCUT2D eigenvalue weighted by Crippen LogP contribution is 2.61. The number of hydrogen-bond donors (Lipinski definition) is 9. The molecule has 2 aliphatic heterocycles. The summed E-state index contributed by atoms with van der Waals surface area (Å²) in [5, 5.41) is 52.7. The number of aliphatic hydroxyl groups is 5.